The van der Waals surface area contributed by atoms with Gasteiger partial charge in [-0.3, -0.25) is 0 Å². The molecule has 3 aliphatic rings. The van der Waals surface area contributed by atoms with Gasteiger partial charge >= 0.3 is 279 Å². The van der Waals surface area contributed by atoms with Crippen LogP contribution in [0.2, 0.25) is 8.26 Å². The van der Waals surface area contributed by atoms with Crippen LogP contribution in [0, 0.1) is 55.4 Å². The number of benzene rings is 4. The SMILES string of the molecule is CCC1=Cc2c(-c3cc(C)cc(C)c3)cc(C)c(C)c2[CH]1[Zr+2]1([CH]2C(CC)=Cc3c(-c4cc(C)cc(C)c4)cc(C)c(C)c32)[CH2][CH2]1.[Cl-].[Cl-]. The Labute approximate surface area is 301 Å². The fourth-order valence-electron chi connectivity index (χ4n) is 9.44. The van der Waals surface area contributed by atoms with Crippen LogP contribution in [0.25, 0.3) is 34.4 Å². The van der Waals surface area contributed by atoms with Crippen molar-refractivity contribution in [2.24, 2.45) is 0 Å². The average Bonchev–Trinajstić information content (AvgIpc) is 3.51. The Bertz CT molecular complexity index is 1790. The Kier molecular flexibility index (Phi) is 10.2. The molecule has 0 amide bonds. The van der Waals surface area contributed by atoms with Gasteiger partial charge in [-0.1, -0.05) is 0 Å². The summed E-state index contributed by atoms with van der Waals surface area (Å²) in [6, 6.07) is 19.2. The van der Waals surface area contributed by atoms with Crippen molar-refractivity contribution >= 4 is 12.2 Å². The van der Waals surface area contributed by atoms with E-state index in [0.29, 0.717) is 7.25 Å². The summed E-state index contributed by atoms with van der Waals surface area (Å²) in [4.78, 5) is 0. The number of fused-ring (bicyclic) bond motifs is 2. The summed E-state index contributed by atoms with van der Waals surface area (Å²) >= 11 is -2.83. The third-order valence-electron chi connectivity index (χ3n) is 11.7. The van der Waals surface area contributed by atoms with Gasteiger partial charge in [0.2, 0.25) is 0 Å². The molecule has 244 valence electrons. The van der Waals surface area contributed by atoms with E-state index in [9.17, 15) is 0 Å². The first-order chi connectivity index (χ1) is 21.5. The minimum absolute atomic E-state index is 0. The van der Waals surface area contributed by atoms with Gasteiger partial charge < -0.3 is 24.8 Å². The van der Waals surface area contributed by atoms with Gasteiger partial charge in [-0.25, -0.2) is 0 Å². The zero-order valence-electron chi connectivity index (χ0n) is 30.0. The molecule has 1 saturated heterocycles. The molecule has 2 aliphatic carbocycles. The van der Waals surface area contributed by atoms with E-state index in [1.807, 2.05) is 0 Å². The quantitative estimate of drug-likeness (QED) is 0.202. The van der Waals surface area contributed by atoms with Crippen LogP contribution < -0.4 is 24.8 Å². The van der Waals surface area contributed by atoms with Crippen LogP contribution in [0.1, 0.15) is 101 Å². The molecule has 2 atom stereocenters. The van der Waals surface area contributed by atoms with Crippen molar-refractivity contribution in [3.63, 3.8) is 0 Å². The molecule has 0 saturated carbocycles. The van der Waals surface area contributed by atoms with Crippen molar-refractivity contribution in [2.75, 3.05) is 0 Å². The summed E-state index contributed by atoms with van der Waals surface area (Å²) in [5.74, 6) is 0. The second kappa shape index (κ2) is 13.3. The van der Waals surface area contributed by atoms with E-state index >= 15 is 0 Å². The zero-order chi connectivity index (χ0) is 31.9. The van der Waals surface area contributed by atoms with Crippen molar-refractivity contribution in [1.82, 2.24) is 0 Å². The predicted molar refractivity (Wildman–Crippen MR) is 193 cm³/mol. The molecule has 0 N–H and O–H groups in total. The first kappa shape index (κ1) is 36.1. The van der Waals surface area contributed by atoms with Gasteiger partial charge in [-0.15, -0.1) is 0 Å². The molecule has 2 unspecified atom stereocenters. The first-order valence-corrected chi connectivity index (χ1v) is 23.6. The van der Waals surface area contributed by atoms with Gasteiger partial charge in [0.1, 0.15) is 0 Å². The molecule has 0 radical (unpaired) electrons. The van der Waals surface area contributed by atoms with E-state index < -0.39 is 20.3 Å². The molecule has 0 aromatic heterocycles. The molecule has 0 spiro atoms. The van der Waals surface area contributed by atoms with E-state index in [2.05, 4.69) is 130 Å². The minimum atomic E-state index is -2.83. The summed E-state index contributed by atoms with van der Waals surface area (Å²) in [7, 11) is 0. The van der Waals surface area contributed by atoms with Gasteiger partial charge in [0, 0.05) is 0 Å². The van der Waals surface area contributed by atoms with Crippen molar-refractivity contribution < 1.29 is 45.1 Å². The number of hydrogen-bond acceptors (Lipinski definition) is 0. The maximum atomic E-state index is 2.67. The van der Waals surface area contributed by atoms with Gasteiger partial charge in [-0.05, 0) is 0 Å². The van der Waals surface area contributed by atoms with Crippen LogP contribution in [0.5, 0.6) is 0 Å². The fraction of sp³-hybridized carbons (Fsp3) is 0.364. The Morgan fingerprint density at radius 3 is 1.15 bits per heavy atom. The van der Waals surface area contributed by atoms with Crippen LogP contribution in [0.15, 0.2) is 59.7 Å². The van der Waals surface area contributed by atoms with Gasteiger partial charge in [0.15, 0.2) is 0 Å². The molecule has 47 heavy (non-hydrogen) atoms. The van der Waals surface area contributed by atoms with Crippen LogP contribution in [-0.2, 0) is 20.3 Å². The normalized spacial score (nSPS) is 17.8. The van der Waals surface area contributed by atoms with Crippen LogP contribution in [0.3, 0.4) is 0 Å². The second-order valence-electron chi connectivity index (χ2n) is 14.9. The third-order valence-corrected chi connectivity index (χ3v) is 24.7. The largest absolute Gasteiger partial charge is 1.00 e. The molecular weight excluding hydrogens is 691 g/mol. The molecule has 7 rings (SSSR count). The van der Waals surface area contributed by atoms with E-state index in [1.165, 1.54) is 63.9 Å². The molecule has 3 heteroatoms. The Morgan fingerprint density at radius 2 is 0.851 bits per heavy atom. The molecular formula is C44H50Cl2Zr. The molecule has 1 aliphatic heterocycles. The molecule has 1 fully saturated rings. The first-order valence-electron chi connectivity index (χ1n) is 17.3. The second-order valence-corrected chi connectivity index (χ2v) is 26.2. The van der Waals surface area contributed by atoms with E-state index in [0.717, 1.165) is 12.8 Å². The molecule has 4 aromatic rings. The van der Waals surface area contributed by atoms with Crippen molar-refractivity contribution in [2.45, 2.75) is 97.6 Å². The number of halogens is 2. The van der Waals surface area contributed by atoms with E-state index in [-0.39, 0.29) is 24.8 Å². The molecule has 4 aromatic carbocycles. The topological polar surface area (TPSA) is 0 Å². The number of aryl methyl sites for hydroxylation is 6. The van der Waals surface area contributed by atoms with Crippen LogP contribution in [0.4, 0.5) is 0 Å². The van der Waals surface area contributed by atoms with Crippen molar-refractivity contribution in [1.29, 1.82) is 0 Å². The number of hydrogen-bond donors (Lipinski definition) is 0. The van der Waals surface area contributed by atoms with Gasteiger partial charge in [-0.2, -0.15) is 0 Å². The Hall–Kier alpha value is -2.18. The standard InChI is InChI=1S/2C21H23.C2H4.2ClH.Zr/c2*1-6-17-11-19-16(5)15(4)10-20(21(19)12-17)18-8-13(2)7-14(3)9-18;1-2;;;/h2*7-12H,6H2,1-5H3;1-2H2;2*1H;/q;;;;;+2/p-2. The van der Waals surface area contributed by atoms with Crippen molar-refractivity contribution in [3.8, 4) is 22.3 Å². The average molecular weight is 741 g/mol. The predicted octanol–water partition coefficient (Wildman–Crippen LogP) is 6.90. The monoisotopic (exact) mass is 738 g/mol. The molecule has 0 nitrogen and oxygen atoms in total. The van der Waals surface area contributed by atoms with Crippen LogP contribution >= 0.6 is 0 Å². The van der Waals surface area contributed by atoms with E-state index in [4.69, 9.17) is 0 Å². The summed E-state index contributed by atoms with van der Waals surface area (Å²) < 4.78 is 4.38. The number of allylic oxidation sites excluding steroid dienone is 2. The third kappa shape index (κ3) is 5.81. The smallest absolute Gasteiger partial charge is 1.00 e. The summed E-state index contributed by atoms with van der Waals surface area (Å²) in [5, 5.41) is 0. The minimum Gasteiger partial charge on any atom is -1.00 e. The summed E-state index contributed by atoms with van der Waals surface area (Å²) in [6.45, 7) is 23.4. The number of rotatable bonds is 6. The maximum absolute atomic E-state index is 2.83. The Balaban J connectivity index is 0.00000217. The Morgan fingerprint density at radius 1 is 0.511 bits per heavy atom. The van der Waals surface area contributed by atoms with Gasteiger partial charge in [0.05, 0.1) is 0 Å². The molecule has 0 bridgehead atoms. The fourth-order valence-corrected chi connectivity index (χ4v) is 27.7. The zero-order valence-corrected chi connectivity index (χ0v) is 34.0. The molecule has 1 heterocycles. The van der Waals surface area contributed by atoms with Crippen molar-refractivity contribution in [3.05, 3.63) is 126 Å². The summed E-state index contributed by atoms with van der Waals surface area (Å²) in [5.41, 5.74) is 27.2. The van der Waals surface area contributed by atoms with Crippen LogP contribution in [-0.4, -0.2) is 0 Å². The van der Waals surface area contributed by atoms with E-state index in [1.54, 1.807) is 44.5 Å². The van der Waals surface area contributed by atoms with Gasteiger partial charge in [0.25, 0.3) is 0 Å². The maximum Gasteiger partial charge on any atom is -1.00 e. The summed E-state index contributed by atoms with van der Waals surface area (Å²) in [6.07, 6.45) is 7.67.